The zero-order valence-corrected chi connectivity index (χ0v) is 9.97. The second-order valence-electron chi connectivity index (χ2n) is 4.73. The normalized spacial score (nSPS) is 24.7. The van der Waals surface area contributed by atoms with E-state index in [4.69, 9.17) is 5.73 Å². The summed E-state index contributed by atoms with van der Waals surface area (Å²) in [7, 11) is 0. The van der Waals surface area contributed by atoms with Crippen LogP contribution in [0, 0.1) is 5.92 Å². The maximum absolute atomic E-state index is 12.2. The van der Waals surface area contributed by atoms with Gasteiger partial charge in [-0.3, -0.25) is 4.79 Å². The number of amides is 1. The average Bonchev–Trinajstić information content (AvgIpc) is 2.32. The van der Waals surface area contributed by atoms with Crippen LogP contribution in [-0.4, -0.2) is 35.0 Å². The van der Waals surface area contributed by atoms with Crippen LogP contribution in [-0.2, 0) is 0 Å². The lowest BCUT2D eigenvalue weighted by atomic mass is 9.94. The molecule has 3 N–H and O–H groups in total. The molecule has 4 nitrogen and oxygen atoms in total. The van der Waals surface area contributed by atoms with Crippen molar-refractivity contribution >= 4 is 5.91 Å². The van der Waals surface area contributed by atoms with E-state index in [1.807, 2.05) is 4.90 Å². The van der Waals surface area contributed by atoms with Crippen molar-refractivity contribution in [2.75, 3.05) is 13.1 Å². The first kappa shape index (κ1) is 11.9. The molecule has 1 amide bonds. The van der Waals surface area contributed by atoms with Crippen molar-refractivity contribution in [3.05, 3.63) is 29.8 Å². The molecule has 2 atom stereocenters. The van der Waals surface area contributed by atoms with Gasteiger partial charge < -0.3 is 15.7 Å². The van der Waals surface area contributed by atoms with Crippen molar-refractivity contribution in [3.8, 4) is 5.75 Å². The van der Waals surface area contributed by atoms with Gasteiger partial charge >= 0.3 is 0 Å². The van der Waals surface area contributed by atoms with Gasteiger partial charge in [0.25, 0.3) is 5.91 Å². The third-order valence-corrected chi connectivity index (χ3v) is 3.35. The molecular formula is C13H18N2O2. The number of hydrogen-bond donors (Lipinski definition) is 2. The van der Waals surface area contributed by atoms with E-state index in [9.17, 15) is 9.90 Å². The van der Waals surface area contributed by atoms with Gasteiger partial charge in [0, 0.05) is 24.7 Å². The maximum Gasteiger partial charge on any atom is 0.253 e. The number of carbonyl (C=O) groups excluding carboxylic acids is 1. The van der Waals surface area contributed by atoms with Gasteiger partial charge in [0.05, 0.1) is 0 Å². The minimum Gasteiger partial charge on any atom is -0.508 e. The second kappa shape index (κ2) is 4.75. The van der Waals surface area contributed by atoms with Crippen LogP contribution in [0.5, 0.6) is 5.75 Å². The van der Waals surface area contributed by atoms with Crippen molar-refractivity contribution in [2.24, 2.45) is 11.7 Å². The number of benzene rings is 1. The molecule has 4 heteroatoms. The minimum absolute atomic E-state index is 0.0281. The first-order chi connectivity index (χ1) is 8.08. The summed E-state index contributed by atoms with van der Waals surface area (Å²) in [5, 5.41) is 9.36. The largest absolute Gasteiger partial charge is 0.508 e. The Labute approximate surface area is 101 Å². The minimum atomic E-state index is -0.0281. The number of phenols is 1. The molecule has 1 fully saturated rings. The zero-order chi connectivity index (χ0) is 12.4. The molecule has 0 radical (unpaired) electrons. The van der Waals surface area contributed by atoms with Gasteiger partial charge in [-0.05, 0) is 30.5 Å². The lowest BCUT2D eigenvalue weighted by Crippen LogP contribution is -2.48. The van der Waals surface area contributed by atoms with Crippen molar-refractivity contribution in [1.29, 1.82) is 0 Å². The predicted octanol–water partition coefficient (Wildman–Crippen LogP) is 1.20. The summed E-state index contributed by atoms with van der Waals surface area (Å²) in [6.45, 7) is 3.45. The molecule has 1 aliphatic heterocycles. The molecule has 0 saturated carbocycles. The summed E-state index contributed by atoms with van der Waals surface area (Å²) in [6, 6.07) is 6.65. The molecular weight excluding hydrogens is 216 g/mol. The summed E-state index contributed by atoms with van der Waals surface area (Å²) in [4.78, 5) is 14.0. The number of rotatable bonds is 1. The third-order valence-electron chi connectivity index (χ3n) is 3.35. The molecule has 1 aliphatic rings. The molecule has 1 aromatic rings. The first-order valence-electron chi connectivity index (χ1n) is 5.92. The summed E-state index contributed by atoms with van der Waals surface area (Å²) in [5.41, 5.74) is 6.46. The Bertz CT molecular complexity index is 420. The van der Waals surface area contributed by atoms with Gasteiger partial charge in [-0.15, -0.1) is 0 Å². The van der Waals surface area contributed by atoms with E-state index >= 15 is 0 Å². The van der Waals surface area contributed by atoms with Crippen molar-refractivity contribution in [3.63, 3.8) is 0 Å². The number of likely N-dealkylation sites (tertiary alicyclic amines) is 1. The Balaban J connectivity index is 2.10. The number of aromatic hydroxyl groups is 1. The summed E-state index contributed by atoms with van der Waals surface area (Å²) in [5.74, 6) is 0.419. The molecule has 92 valence electrons. The van der Waals surface area contributed by atoms with E-state index in [2.05, 4.69) is 6.92 Å². The molecule has 1 heterocycles. The Morgan fingerprint density at radius 3 is 2.94 bits per heavy atom. The molecule has 0 spiro atoms. The van der Waals surface area contributed by atoms with E-state index < -0.39 is 0 Å². The average molecular weight is 234 g/mol. The van der Waals surface area contributed by atoms with E-state index in [0.717, 1.165) is 6.42 Å². The molecule has 0 aromatic heterocycles. The van der Waals surface area contributed by atoms with Crippen molar-refractivity contribution < 1.29 is 9.90 Å². The predicted molar refractivity (Wildman–Crippen MR) is 65.8 cm³/mol. The van der Waals surface area contributed by atoms with Gasteiger partial charge in [0.1, 0.15) is 5.75 Å². The van der Waals surface area contributed by atoms with Crippen LogP contribution in [0.15, 0.2) is 24.3 Å². The van der Waals surface area contributed by atoms with Crippen molar-refractivity contribution in [1.82, 2.24) is 4.90 Å². The molecule has 1 aromatic carbocycles. The smallest absolute Gasteiger partial charge is 0.253 e. The van der Waals surface area contributed by atoms with Gasteiger partial charge in [0.2, 0.25) is 0 Å². The number of carbonyl (C=O) groups is 1. The fourth-order valence-corrected chi connectivity index (χ4v) is 2.17. The topological polar surface area (TPSA) is 66.6 Å². The van der Waals surface area contributed by atoms with Crippen LogP contribution in [0.25, 0.3) is 0 Å². The number of nitrogens with zero attached hydrogens (tertiary/aromatic N) is 1. The SMILES string of the molecule is CC1CN(C(=O)c2cccc(O)c2)CCC1N. The lowest BCUT2D eigenvalue weighted by Gasteiger charge is -2.35. The van der Waals surface area contributed by atoms with E-state index in [0.29, 0.717) is 24.6 Å². The number of piperidine rings is 1. The van der Waals surface area contributed by atoms with Gasteiger partial charge in [0.15, 0.2) is 0 Å². The van der Waals surface area contributed by atoms with Crippen LogP contribution < -0.4 is 5.73 Å². The maximum atomic E-state index is 12.2. The Morgan fingerprint density at radius 2 is 2.29 bits per heavy atom. The highest BCUT2D eigenvalue weighted by molar-refractivity contribution is 5.94. The van der Waals surface area contributed by atoms with Crippen LogP contribution in [0.4, 0.5) is 0 Å². The van der Waals surface area contributed by atoms with Crippen LogP contribution in [0.1, 0.15) is 23.7 Å². The van der Waals surface area contributed by atoms with Crippen LogP contribution in [0.3, 0.4) is 0 Å². The molecule has 2 unspecified atom stereocenters. The monoisotopic (exact) mass is 234 g/mol. The molecule has 0 bridgehead atoms. The summed E-state index contributed by atoms with van der Waals surface area (Å²) < 4.78 is 0. The Morgan fingerprint density at radius 1 is 1.53 bits per heavy atom. The second-order valence-corrected chi connectivity index (χ2v) is 4.73. The van der Waals surface area contributed by atoms with Gasteiger partial charge in [-0.1, -0.05) is 13.0 Å². The highest BCUT2D eigenvalue weighted by Gasteiger charge is 2.26. The highest BCUT2D eigenvalue weighted by Crippen LogP contribution is 2.19. The fraction of sp³-hybridized carbons (Fsp3) is 0.462. The summed E-state index contributed by atoms with van der Waals surface area (Å²) in [6.07, 6.45) is 0.839. The van der Waals surface area contributed by atoms with Gasteiger partial charge in [-0.2, -0.15) is 0 Å². The van der Waals surface area contributed by atoms with E-state index in [-0.39, 0.29) is 17.7 Å². The van der Waals surface area contributed by atoms with E-state index in [1.54, 1.807) is 18.2 Å². The first-order valence-corrected chi connectivity index (χ1v) is 5.92. The Hall–Kier alpha value is -1.55. The summed E-state index contributed by atoms with van der Waals surface area (Å²) >= 11 is 0. The molecule has 1 saturated heterocycles. The van der Waals surface area contributed by atoms with Crippen LogP contribution in [0.2, 0.25) is 0 Å². The van der Waals surface area contributed by atoms with E-state index in [1.165, 1.54) is 6.07 Å². The molecule has 0 aliphatic carbocycles. The molecule has 17 heavy (non-hydrogen) atoms. The lowest BCUT2D eigenvalue weighted by molar-refractivity contribution is 0.0664. The van der Waals surface area contributed by atoms with Gasteiger partial charge in [-0.25, -0.2) is 0 Å². The van der Waals surface area contributed by atoms with Crippen LogP contribution >= 0.6 is 0 Å². The number of nitrogens with two attached hydrogens (primary N) is 1. The Kier molecular flexibility index (Phi) is 3.33. The molecule has 2 rings (SSSR count). The third kappa shape index (κ3) is 2.58. The quantitative estimate of drug-likeness (QED) is 0.767. The fourth-order valence-electron chi connectivity index (χ4n) is 2.17. The van der Waals surface area contributed by atoms with Crippen molar-refractivity contribution in [2.45, 2.75) is 19.4 Å². The number of hydrogen-bond acceptors (Lipinski definition) is 3. The highest BCUT2D eigenvalue weighted by atomic mass is 16.3. The standard InChI is InChI=1S/C13H18N2O2/c1-9-8-15(6-5-12(9)14)13(17)10-3-2-4-11(16)7-10/h2-4,7,9,12,16H,5-6,8,14H2,1H3. The number of phenolic OH excluding ortho intramolecular Hbond substituents is 1. The zero-order valence-electron chi connectivity index (χ0n) is 9.97.